The number of alkyl carbamates (subject to hydrolysis) is 2. The standard InChI is InChI=1S/C37H44N4O7/c1-25(2)34(41-37(45)48-24-30-16-10-11-26(3)38-30)35(43)39-31(19-27-12-6-4-7-13-27)21-33(42)32(20-28-14-8-5-9-15-28)40-36(44)47-23-29-17-18-46-22-29/h4-18,22,25,31-34,42H,19-21,23-24H2,1-3H3,(H,39,43)(H,40,44)(H,41,45)/t31-,32-,33-,34-/m0/s1. The molecule has 254 valence electrons. The molecule has 2 heterocycles. The minimum atomic E-state index is -1.07. The van der Waals surface area contributed by atoms with Gasteiger partial charge in [0.25, 0.3) is 0 Å². The van der Waals surface area contributed by atoms with Gasteiger partial charge in [-0.25, -0.2) is 9.59 Å². The van der Waals surface area contributed by atoms with Crippen molar-refractivity contribution in [3.05, 3.63) is 126 Å². The second-order valence-corrected chi connectivity index (χ2v) is 12.1. The summed E-state index contributed by atoms with van der Waals surface area (Å²) in [7, 11) is 0. The van der Waals surface area contributed by atoms with Crippen LogP contribution in [0.1, 0.15) is 48.3 Å². The number of carbonyl (C=O) groups is 3. The average molecular weight is 657 g/mol. The molecule has 4 atom stereocenters. The summed E-state index contributed by atoms with van der Waals surface area (Å²) in [5.74, 6) is -0.690. The number of carbonyl (C=O) groups excluding carboxylic acids is 3. The number of rotatable bonds is 16. The molecule has 0 fully saturated rings. The van der Waals surface area contributed by atoms with Gasteiger partial charge in [0.15, 0.2) is 0 Å². The van der Waals surface area contributed by atoms with Gasteiger partial charge in [-0.15, -0.1) is 0 Å². The van der Waals surface area contributed by atoms with E-state index in [4.69, 9.17) is 13.9 Å². The largest absolute Gasteiger partial charge is 0.472 e. The molecule has 0 aliphatic heterocycles. The number of hydrogen-bond acceptors (Lipinski definition) is 8. The van der Waals surface area contributed by atoms with Gasteiger partial charge in [0, 0.05) is 17.3 Å². The van der Waals surface area contributed by atoms with Crippen molar-refractivity contribution in [2.24, 2.45) is 5.92 Å². The van der Waals surface area contributed by atoms with E-state index in [-0.39, 0.29) is 25.6 Å². The normalized spacial score (nSPS) is 13.5. The molecule has 0 saturated heterocycles. The fourth-order valence-corrected chi connectivity index (χ4v) is 5.23. The van der Waals surface area contributed by atoms with Crippen molar-refractivity contribution < 1.29 is 33.4 Å². The number of aromatic nitrogens is 1. The Morgan fingerprint density at radius 1 is 0.771 bits per heavy atom. The van der Waals surface area contributed by atoms with Crippen molar-refractivity contribution in [2.45, 2.75) is 77.5 Å². The second kappa shape index (κ2) is 18.2. The first-order valence-corrected chi connectivity index (χ1v) is 16.0. The van der Waals surface area contributed by atoms with Crippen LogP contribution in [-0.4, -0.2) is 52.4 Å². The van der Waals surface area contributed by atoms with Gasteiger partial charge in [0.1, 0.15) is 19.3 Å². The maximum Gasteiger partial charge on any atom is 0.408 e. The topological polar surface area (TPSA) is 152 Å². The number of benzene rings is 2. The zero-order valence-electron chi connectivity index (χ0n) is 27.5. The van der Waals surface area contributed by atoms with Crippen LogP contribution in [0.4, 0.5) is 9.59 Å². The SMILES string of the molecule is Cc1cccc(COC(=O)N[C@H](C(=O)N[C@@H](Cc2ccccc2)C[C@H](O)[C@H](Cc2ccccc2)NC(=O)OCc2ccoc2)C(C)C)n1. The van der Waals surface area contributed by atoms with Crippen LogP contribution in [0.15, 0.2) is 102 Å². The maximum absolute atomic E-state index is 13.7. The Morgan fingerprint density at radius 2 is 1.42 bits per heavy atom. The van der Waals surface area contributed by atoms with Crippen LogP contribution in [0.25, 0.3) is 0 Å². The van der Waals surface area contributed by atoms with Gasteiger partial charge in [0.05, 0.1) is 30.4 Å². The molecule has 0 saturated carbocycles. The molecule has 0 spiro atoms. The molecule has 11 heteroatoms. The zero-order valence-corrected chi connectivity index (χ0v) is 27.5. The molecule has 11 nitrogen and oxygen atoms in total. The van der Waals surface area contributed by atoms with E-state index < -0.39 is 42.3 Å². The highest BCUT2D eigenvalue weighted by atomic mass is 16.6. The van der Waals surface area contributed by atoms with Gasteiger partial charge >= 0.3 is 12.2 Å². The first-order chi connectivity index (χ1) is 23.2. The Balaban J connectivity index is 1.45. The number of aryl methyl sites for hydroxylation is 1. The fourth-order valence-electron chi connectivity index (χ4n) is 5.23. The summed E-state index contributed by atoms with van der Waals surface area (Å²) in [6.07, 6.45) is 1.31. The molecule has 4 rings (SSSR count). The predicted molar refractivity (Wildman–Crippen MR) is 180 cm³/mol. The van der Waals surface area contributed by atoms with E-state index in [9.17, 15) is 19.5 Å². The summed E-state index contributed by atoms with van der Waals surface area (Å²) >= 11 is 0. The Labute approximate surface area is 281 Å². The molecule has 0 aliphatic rings. The van der Waals surface area contributed by atoms with Crippen LogP contribution in [0.2, 0.25) is 0 Å². The summed E-state index contributed by atoms with van der Waals surface area (Å²) in [6, 6.07) is 24.0. The van der Waals surface area contributed by atoms with Crippen molar-refractivity contribution >= 4 is 18.1 Å². The molecule has 2 aromatic heterocycles. The highest BCUT2D eigenvalue weighted by molar-refractivity contribution is 5.86. The Bertz CT molecular complexity index is 1570. The number of amides is 3. The number of furan rings is 1. The van der Waals surface area contributed by atoms with Gasteiger partial charge in [-0.1, -0.05) is 80.6 Å². The van der Waals surface area contributed by atoms with Gasteiger partial charge in [-0.2, -0.15) is 0 Å². The third-order valence-corrected chi connectivity index (χ3v) is 7.73. The molecule has 4 N–H and O–H groups in total. The molecule has 3 amide bonds. The van der Waals surface area contributed by atoms with E-state index in [0.29, 0.717) is 24.1 Å². The highest BCUT2D eigenvalue weighted by Crippen LogP contribution is 2.16. The molecule has 2 aromatic carbocycles. The van der Waals surface area contributed by atoms with E-state index in [2.05, 4.69) is 20.9 Å². The number of ether oxygens (including phenoxy) is 2. The third-order valence-electron chi connectivity index (χ3n) is 7.73. The summed E-state index contributed by atoms with van der Waals surface area (Å²) in [5.41, 5.74) is 3.94. The van der Waals surface area contributed by atoms with Crippen molar-refractivity contribution in [1.29, 1.82) is 0 Å². The minimum absolute atomic E-state index is 0.0106. The second-order valence-electron chi connectivity index (χ2n) is 12.1. The molecular weight excluding hydrogens is 612 g/mol. The number of hydrogen-bond donors (Lipinski definition) is 4. The van der Waals surface area contributed by atoms with Crippen LogP contribution >= 0.6 is 0 Å². The Kier molecular flexibility index (Phi) is 13.6. The van der Waals surface area contributed by atoms with E-state index >= 15 is 0 Å². The van der Waals surface area contributed by atoms with Crippen LogP contribution in [-0.2, 0) is 40.3 Å². The summed E-state index contributed by atoms with van der Waals surface area (Å²) in [6.45, 7) is 5.46. The minimum Gasteiger partial charge on any atom is -0.472 e. The van der Waals surface area contributed by atoms with Crippen LogP contribution in [0.5, 0.6) is 0 Å². The quantitative estimate of drug-likeness (QED) is 0.128. The highest BCUT2D eigenvalue weighted by Gasteiger charge is 2.30. The first kappa shape index (κ1) is 35.7. The van der Waals surface area contributed by atoms with Crippen molar-refractivity contribution in [3.63, 3.8) is 0 Å². The van der Waals surface area contributed by atoms with Gasteiger partial charge in [-0.3, -0.25) is 9.78 Å². The van der Waals surface area contributed by atoms with E-state index in [1.807, 2.05) is 93.6 Å². The predicted octanol–water partition coefficient (Wildman–Crippen LogP) is 5.25. The van der Waals surface area contributed by atoms with Crippen LogP contribution in [0.3, 0.4) is 0 Å². The average Bonchev–Trinajstić information content (AvgIpc) is 3.60. The van der Waals surface area contributed by atoms with Gasteiger partial charge < -0.3 is 34.9 Å². The van der Waals surface area contributed by atoms with E-state index in [0.717, 1.165) is 16.8 Å². The summed E-state index contributed by atoms with van der Waals surface area (Å²) < 4.78 is 15.8. The third kappa shape index (κ3) is 11.9. The van der Waals surface area contributed by atoms with Crippen LogP contribution in [0, 0.1) is 12.8 Å². The lowest BCUT2D eigenvalue weighted by atomic mass is 9.93. The first-order valence-electron chi connectivity index (χ1n) is 16.0. The molecule has 0 radical (unpaired) electrons. The number of aliphatic hydroxyl groups is 1. The van der Waals surface area contributed by atoms with E-state index in [1.165, 1.54) is 12.5 Å². The lowest BCUT2D eigenvalue weighted by molar-refractivity contribution is -0.125. The number of pyridine rings is 1. The molecule has 0 aliphatic carbocycles. The van der Waals surface area contributed by atoms with Gasteiger partial charge in [-0.05, 0) is 61.4 Å². The van der Waals surface area contributed by atoms with E-state index in [1.54, 1.807) is 12.1 Å². The van der Waals surface area contributed by atoms with Crippen molar-refractivity contribution in [2.75, 3.05) is 0 Å². The maximum atomic E-state index is 13.7. The Morgan fingerprint density at radius 3 is 2.04 bits per heavy atom. The monoisotopic (exact) mass is 656 g/mol. The lowest BCUT2D eigenvalue weighted by Crippen LogP contribution is -2.54. The molecule has 0 bridgehead atoms. The number of nitrogens with one attached hydrogen (secondary N) is 3. The molecule has 0 unspecified atom stereocenters. The Hall–Kier alpha value is -5.16. The van der Waals surface area contributed by atoms with Crippen LogP contribution < -0.4 is 16.0 Å². The zero-order chi connectivity index (χ0) is 34.3. The lowest BCUT2D eigenvalue weighted by Gasteiger charge is -2.30. The summed E-state index contributed by atoms with van der Waals surface area (Å²) in [4.78, 5) is 43.6. The summed E-state index contributed by atoms with van der Waals surface area (Å²) in [5, 5.41) is 20.1. The number of nitrogens with zero attached hydrogens (tertiary/aromatic N) is 1. The fraction of sp³-hybridized carbons (Fsp3) is 0.351. The van der Waals surface area contributed by atoms with Gasteiger partial charge in [0.2, 0.25) is 5.91 Å². The number of aliphatic hydroxyl groups excluding tert-OH is 1. The van der Waals surface area contributed by atoms with Crippen molar-refractivity contribution in [3.8, 4) is 0 Å². The molecular formula is C37H44N4O7. The smallest absolute Gasteiger partial charge is 0.408 e. The molecule has 48 heavy (non-hydrogen) atoms. The molecule has 4 aromatic rings. The van der Waals surface area contributed by atoms with Crippen molar-refractivity contribution in [1.82, 2.24) is 20.9 Å².